The average Bonchev–Trinajstić information content (AvgIpc) is 3.19. The van der Waals surface area contributed by atoms with Crippen LogP contribution in [0.25, 0.3) is 0 Å². The van der Waals surface area contributed by atoms with Crippen LogP contribution >= 0.6 is 23.7 Å². The number of likely N-dealkylation sites (N-methyl/N-ethyl adjacent to an activating group) is 1. The summed E-state index contributed by atoms with van der Waals surface area (Å²) in [5, 5.41) is 0. The van der Waals surface area contributed by atoms with Gasteiger partial charge in [-0.25, -0.2) is 9.10 Å². The van der Waals surface area contributed by atoms with Crippen LogP contribution in [0.5, 0.6) is 0 Å². The first-order valence-corrected chi connectivity index (χ1v) is 13.6. The van der Waals surface area contributed by atoms with Crippen molar-refractivity contribution in [1.82, 2.24) is 4.31 Å². The molecule has 0 saturated heterocycles. The lowest BCUT2D eigenvalue weighted by molar-refractivity contribution is -0.949. The van der Waals surface area contributed by atoms with Gasteiger partial charge in [-0.05, 0) is 18.4 Å². The fourth-order valence-electron chi connectivity index (χ4n) is 4.47. The molecule has 0 fully saturated rings. The summed E-state index contributed by atoms with van der Waals surface area (Å²) < 4.78 is 18.9. The molecule has 0 saturated carbocycles. The molecule has 8 heteroatoms. The minimum absolute atomic E-state index is 0.185. The first-order valence-electron chi connectivity index (χ1n) is 12.5. The SMILES string of the molecule is CCCCCCCC(OC(=O)Cl)[N+]1(C)CCC=C(CN2CC(OCCCCCC)=NS2)C1. The van der Waals surface area contributed by atoms with Crippen molar-refractivity contribution in [2.24, 2.45) is 4.40 Å². The Morgan fingerprint density at radius 3 is 2.62 bits per heavy atom. The van der Waals surface area contributed by atoms with E-state index in [9.17, 15) is 4.79 Å². The van der Waals surface area contributed by atoms with E-state index in [1.807, 2.05) is 0 Å². The van der Waals surface area contributed by atoms with Crippen molar-refractivity contribution in [3.8, 4) is 0 Å². The standard InChI is InChI=1S/C24H43ClN3O3S/c1-4-6-8-10-11-15-23(31-24(25)29)28(3)16-13-14-21(20-28)18-27-19-22(26-32-27)30-17-12-9-7-5-2/h14,23H,4-13,15-20H2,1-3H3/q+1. The number of carbonyl (C=O) groups excluding carboxylic acids is 1. The summed E-state index contributed by atoms with van der Waals surface area (Å²) in [6, 6.07) is 0. The molecule has 6 nitrogen and oxygen atoms in total. The summed E-state index contributed by atoms with van der Waals surface area (Å²) in [4.78, 5) is 11.6. The van der Waals surface area contributed by atoms with Gasteiger partial charge >= 0.3 is 5.43 Å². The van der Waals surface area contributed by atoms with Gasteiger partial charge in [0.2, 0.25) is 12.1 Å². The lowest BCUT2D eigenvalue weighted by Crippen LogP contribution is -2.57. The number of hydrogen-bond donors (Lipinski definition) is 0. The van der Waals surface area contributed by atoms with E-state index in [1.54, 1.807) is 0 Å². The van der Waals surface area contributed by atoms with E-state index in [4.69, 9.17) is 21.1 Å². The first kappa shape index (κ1) is 27.5. The van der Waals surface area contributed by atoms with E-state index in [0.29, 0.717) is 4.48 Å². The molecule has 0 N–H and O–H groups in total. The number of ether oxygens (including phenoxy) is 2. The molecule has 184 valence electrons. The Balaban J connectivity index is 1.81. The van der Waals surface area contributed by atoms with E-state index in [2.05, 4.69) is 35.7 Å². The van der Waals surface area contributed by atoms with Gasteiger partial charge in [0.1, 0.15) is 6.54 Å². The van der Waals surface area contributed by atoms with Gasteiger partial charge < -0.3 is 9.47 Å². The quantitative estimate of drug-likeness (QED) is 0.0843. The Morgan fingerprint density at radius 1 is 1.19 bits per heavy atom. The minimum Gasteiger partial charge on any atom is -0.479 e. The van der Waals surface area contributed by atoms with Gasteiger partial charge in [0.15, 0.2) is 0 Å². The van der Waals surface area contributed by atoms with Crippen LogP contribution in [-0.4, -0.2) is 66.2 Å². The monoisotopic (exact) mass is 488 g/mol. The van der Waals surface area contributed by atoms with Crippen molar-refractivity contribution >= 4 is 35.1 Å². The van der Waals surface area contributed by atoms with Crippen molar-refractivity contribution in [2.75, 3.05) is 39.8 Å². The summed E-state index contributed by atoms with van der Waals surface area (Å²) in [5.74, 6) is 0.834. The summed E-state index contributed by atoms with van der Waals surface area (Å²) in [5.41, 5.74) is 0.676. The van der Waals surface area contributed by atoms with Crippen LogP contribution in [0, 0.1) is 0 Å². The summed E-state index contributed by atoms with van der Waals surface area (Å²) in [6.07, 6.45) is 14.8. The third-order valence-electron chi connectivity index (χ3n) is 6.33. The maximum atomic E-state index is 11.6. The molecular weight excluding hydrogens is 446 g/mol. The normalized spacial score (nSPS) is 22.4. The predicted octanol–water partition coefficient (Wildman–Crippen LogP) is 6.70. The zero-order chi connectivity index (χ0) is 23.2. The highest BCUT2D eigenvalue weighted by Crippen LogP contribution is 2.28. The number of unbranched alkanes of at least 4 members (excludes halogenated alkanes) is 7. The molecule has 2 heterocycles. The fourth-order valence-corrected chi connectivity index (χ4v) is 5.28. The largest absolute Gasteiger partial charge is 0.479 e. The molecule has 2 aliphatic rings. The fraction of sp³-hybridized carbons (Fsp3) is 0.833. The Bertz CT molecular complexity index is 632. The average molecular weight is 489 g/mol. The number of halogens is 1. The Kier molecular flexibility index (Phi) is 13.1. The van der Waals surface area contributed by atoms with Crippen molar-refractivity contribution in [3.63, 3.8) is 0 Å². The van der Waals surface area contributed by atoms with Crippen LogP contribution in [0.2, 0.25) is 0 Å². The zero-order valence-corrected chi connectivity index (χ0v) is 21.9. The molecule has 32 heavy (non-hydrogen) atoms. The minimum atomic E-state index is -0.691. The number of hydrogen-bond acceptors (Lipinski definition) is 6. The molecule has 0 bridgehead atoms. The number of carbonyl (C=O) groups is 1. The van der Waals surface area contributed by atoms with Crippen LogP contribution < -0.4 is 0 Å². The van der Waals surface area contributed by atoms with Crippen LogP contribution in [0.4, 0.5) is 4.79 Å². The number of rotatable bonds is 15. The van der Waals surface area contributed by atoms with E-state index in [-0.39, 0.29) is 6.23 Å². The molecule has 0 aliphatic carbocycles. The van der Waals surface area contributed by atoms with Crippen molar-refractivity contribution in [3.05, 3.63) is 11.6 Å². The highest BCUT2D eigenvalue weighted by molar-refractivity contribution is 7.96. The Labute approximate surface area is 204 Å². The highest BCUT2D eigenvalue weighted by atomic mass is 35.5. The second-order valence-corrected chi connectivity index (χ2v) is 10.5. The van der Waals surface area contributed by atoms with E-state index in [0.717, 1.165) is 64.4 Å². The molecule has 0 aromatic heterocycles. The van der Waals surface area contributed by atoms with Gasteiger partial charge in [0, 0.05) is 31.0 Å². The van der Waals surface area contributed by atoms with Gasteiger partial charge in [-0.15, -0.1) is 0 Å². The third-order valence-corrected chi connectivity index (χ3v) is 7.20. The third kappa shape index (κ3) is 10.0. The molecule has 0 aromatic carbocycles. The molecule has 2 rings (SSSR count). The molecule has 0 amide bonds. The summed E-state index contributed by atoms with van der Waals surface area (Å²) in [7, 11) is 2.20. The van der Waals surface area contributed by atoms with E-state index in [1.165, 1.54) is 62.7 Å². The van der Waals surface area contributed by atoms with Crippen molar-refractivity contribution < 1.29 is 18.8 Å². The van der Waals surface area contributed by atoms with Crippen LogP contribution in [0.3, 0.4) is 0 Å². The van der Waals surface area contributed by atoms with Gasteiger partial charge in [-0.3, -0.25) is 4.48 Å². The van der Waals surface area contributed by atoms with Crippen LogP contribution in [-0.2, 0) is 9.47 Å². The molecular formula is C24H43ClN3O3S+. The molecule has 2 atom stereocenters. The number of nitrogens with zero attached hydrogens (tertiary/aromatic N) is 3. The van der Waals surface area contributed by atoms with Crippen molar-refractivity contribution in [1.29, 1.82) is 0 Å². The van der Waals surface area contributed by atoms with Gasteiger partial charge in [-0.1, -0.05) is 64.9 Å². The maximum Gasteiger partial charge on any atom is 0.408 e. The second-order valence-electron chi connectivity index (χ2n) is 9.30. The second kappa shape index (κ2) is 15.2. The van der Waals surface area contributed by atoms with Crippen LogP contribution in [0.15, 0.2) is 16.0 Å². The lowest BCUT2D eigenvalue weighted by Gasteiger charge is -2.43. The molecule has 0 aromatic rings. The Morgan fingerprint density at radius 2 is 1.91 bits per heavy atom. The summed E-state index contributed by atoms with van der Waals surface area (Å²) in [6.45, 7) is 8.62. The lowest BCUT2D eigenvalue weighted by atomic mass is 10.0. The van der Waals surface area contributed by atoms with E-state index < -0.39 is 5.43 Å². The Hall–Kier alpha value is -0.760. The van der Waals surface area contributed by atoms with Gasteiger partial charge in [-0.2, -0.15) is 4.40 Å². The summed E-state index contributed by atoms with van der Waals surface area (Å²) >= 11 is 7.14. The van der Waals surface area contributed by atoms with Crippen LogP contribution in [0.1, 0.15) is 84.5 Å². The molecule has 2 unspecified atom stereocenters. The zero-order valence-electron chi connectivity index (χ0n) is 20.3. The topological polar surface area (TPSA) is 51.1 Å². The first-order chi connectivity index (χ1) is 15.5. The molecule has 0 radical (unpaired) electrons. The smallest absolute Gasteiger partial charge is 0.408 e. The van der Waals surface area contributed by atoms with Crippen molar-refractivity contribution in [2.45, 2.75) is 90.7 Å². The maximum absolute atomic E-state index is 11.6. The molecule has 2 aliphatic heterocycles. The van der Waals surface area contributed by atoms with Gasteiger partial charge in [0.25, 0.3) is 0 Å². The molecule has 0 spiro atoms. The number of quaternary nitrogens is 1. The predicted molar refractivity (Wildman–Crippen MR) is 135 cm³/mol. The van der Waals surface area contributed by atoms with Gasteiger partial charge in [0.05, 0.1) is 38.9 Å². The highest BCUT2D eigenvalue weighted by Gasteiger charge is 2.38. The van der Waals surface area contributed by atoms with E-state index >= 15 is 0 Å².